The minimum Gasteiger partial charge on any atom is -0.744 e. The van der Waals surface area contributed by atoms with Gasteiger partial charge in [-0.15, -0.1) is 0 Å². The van der Waals surface area contributed by atoms with Crippen molar-refractivity contribution in [1.82, 2.24) is 0 Å². The fraction of sp³-hybridized carbons (Fsp3) is 0.600. The van der Waals surface area contributed by atoms with Gasteiger partial charge in [0.1, 0.15) is 10.1 Å². The molecule has 0 bridgehead atoms. The second-order valence-corrected chi connectivity index (χ2v) is 10.9. The van der Waals surface area contributed by atoms with E-state index in [-0.39, 0.29) is 62.5 Å². The van der Waals surface area contributed by atoms with E-state index in [2.05, 4.69) is 13.8 Å². The molecule has 0 aromatic heterocycles. The molecule has 0 aliphatic carbocycles. The number of esters is 2. The van der Waals surface area contributed by atoms with Gasteiger partial charge in [0.25, 0.3) is 0 Å². The number of carbonyl (C=O) groups excluding carboxylic acids is 2. The molecular weight excluding hydrogens is 543 g/mol. The summed E-state index contributed by atoms with van der Waals surface area (Å²) in [5.74, 6) is -1.78. The van der Waals surface area contributed by atoms with Crippen molar-refractivity contribution in [2.75, 3.05) is 0 Å². The van der Waals surface area contributed by atoms with Crippen molar-refractivity contribution < 1.29 is 83.4 Å². The first-order chi connectivity index (χ1) is 18.3. The van der Waals surface area contributed by atoms with E-state index in [9.17, 15) is 22.6 Å². The maximum absolute atomic E-state index is 12.6. The number of allylic oxidation sites excluding steroid dienone is 2. The Bertz CT molecular complexity index is 987. The van der Waals surface area contributed by atoms with Gasteiger partial charge in [-0.25, -0.2) is 18.0 Å². The van der Waals surface area contributed by atoms with E-state index in [4.69, 9.17) is 9.47 Å². The zero-order valence-corrected chi connectivity index (χ0v) is 28.1. The van der Waals surface area contributed by atoms with Gasteiger partial charge in [-0.2, -0.15) is 0 Å². The predicted molar refractivity (Wildman–Crippen MR) is 149 cm³/mol. The zero-order valence-electron chi connectivity index (χ0n) is 24.1. The SMILES string of the molecule is CCCCCCCCC/C=C/OC(=O)c1ccc(S(=O)(=O)[O-])cc1C(=O)O/C=C/CCCCCCCCC.[K+]. The zero-order chi connectivity index (χ0) is 28.1. The molecule has 0 heterocycles. The molecule has 0 saturated heterocycles. The molecule has 214 valence electrons. The average Bonchev–Trinajstić information content (AvgIpc) is 2.89. The minimum atomic E-state index is -4.82. The Morgan fingerprint density at radius 2 is 1.10 bits per heavy atom. The number of carbonyl (C=O) groups is 2. The van der Waals surface area contributed by atoms with Gasteiger partial charge in [0.2, 0.25) is 0 Å². The van der Waals surface area contributed by atoms with Crippen molar-refractivity contribution in [3.63, 3.8) is 0 Å². The van der Waals surface area contributed by atoms with Crippen molar-refractivity contribution in [3.8, 4) is 0 Å². The summed E-state index contributed by atoms with van der Waals surface area (Å²) in [5, 5.41) is 0. The minimum absolute atomic E-state index is 0. The second-order valence-electron chi connectivity index (χ2n) is 9.54. The molecule has 1 aromatic rings. The Morgan fingerprint density at radius 1 is 0.692 bits per heavy atom. The molecule has 1 aromatic carbocycles. The summed E-state index contributed by atoms with van der Waals surface area (Å²) in [6, 6.07) is 2.93. The van der Waals surface area contributed by atoms with Crippen molar-refractivity contribution in [2.45, 2.75) is 121 Å². The van der Waals surface area contributed by atoms with Gasteiger partial charge >= 0.3 is 63.3 Å². The van der Waals surface area contributed by atoms with Crippen molar-refractivity contribution in [1.29, 1.82) is 0 Å². The van der Waals surface area contributed by atoms with Gasteiger partial charge < -0.3 is 14.0 Å². The van der Waals surface area contributed by atoms with E-state index in [0.717, 1.165) is 56.7 Å². The van der Waals surface area contributed by atoms with Crippen molar-refractivity contribution >= 4 is 22.1 Å². The molecule has 0 saturated carbocycles. The number of unbranched alkanes of at least 4 members (excludes halogenated alkanes) is 14. The molecule has 0 radical (unpaired) electrons. The largest absolute Gasteiger partial charge is 1.00 e. The van der Waals surface area contributed by atoms with E-state index in [0.29, 0.717) is 0 Å². The van der Waals surface area contributed by atoms with Crippen LogP contribution in [0.5, 0.6) is 0 Å². The number of ether oxygens (including phenoxy) is 2. The van der Waals surface area contributed by atoms with E-state index in [1.165, 1.54) is 76.7 Å². The third kappa shape index (κ3) is 18.3. The topological polar surface area (TPSA) is 110 Å². The number of benzene rings is 1. The smallest absolute Gasteiger partial charge is 0.744 e. The van der Waals surface area contributed by atoms with Gasteiger partial charge in [-0.3, -0.25) is 0 Å². The first-order valence-electron chi connectivity index (χ1n) is 14.1. The summed E-state index contributed by atoms with van der Waals surface area (Å²) in [7, 11) is -4.82. The van der Waals surface area contributed by atoms with Crippen LogP contribution in [-0.4, -0.2) is 24.9 Å². The molecule has 0 aliphatic heterocycles. The maximum Gasteiger partial charge on any atom is 1.00 e. The quantitative estimate of drug-likeness (QED) is 0.0637. The molecule has 0 fully saturated rings. The van der Waals surface area contributed by atoms with Crippen LogP contribution < -0.4 is 51.4 Å². The molecule has 39 heavy (non-hydrogen) atoms. The fourth-order valence-electron chi connectivity index (χ4n) is 3.95. The molecule has 0 unspecified atom stereocenters. The van der Waals surface area contributed by atoms with Crippen LogP contribution in [0, 0.1) is 0 Å². The van der Waals surface area contributed by atoms with Crippen LogP contribution >= 0.6 is 0 Å². The van der Waals surface area contributed by atoms with Crippen LogP contribution in [0.2, 0.25) is 0 Å². The van der Waals surface area contributed by atoms with Crippen LogP contribution in [0.3, 0.4) is 0 Å². The summed E-state index contributed by atoms with van der Waals surface area (Å²) >= 11 is 0. The molecule has 1 rings (SSSR count). The van der Waals surface area contributed by atoms with Gasteiger partial charge in [-0.1, -0.05) is 90.9 Å². The van der Waals surface area contributed by atoms with Crippen LogP contribution in [0.1, 0.15) is 137 Å². The van der Waals surface area contributed by atoms with Gasteiger partial charge in [-0.05, 0) is 56.0 Å². The summed E-state index contributed by atoms with van der Waals surface area (Å²) in [6.45, 7) is 4.37. The molecule has 0 N–H and O–H groups in total. The van der Waals surface area contributed by atoms with E-state index in [1.807, 2.05) is 0 Å². The van der Waals surface area contributed by atoms with Crippen LogP contribution in [-0.2, 0) is 19.6 Å². The summed E-state index contributed by atoms with van der Waals surface area (Å²) in [6.07, 6.45) is 23.9. The first kappa shape index (κ1) is 38.2. The predicted octanol–water partition coefficient (Wildman–Crippen LogP) is 5.22. The summed E-state index contributed by atoms with van der Waals surface area (Å²) in [4.78, 5) is 24.6. The number of rotatable bonds is 21. The molecule has 0 aliphatic rings. The van der Waals surface area contributed by atoms with Crippen LogP contribution in [0.25, 0.3) is 0 Å². The Balaban J connectivity index is 0.0000144. The fourth-order valence-corrected chi connectivity index (χ4v) is 4.44. The standard InChI is InChI=1S/C30H46O7S.K/c1-3-5-7-9-11-13-15-17-19-23-36-29(31)27-22-21-26(38(33,34)35)25-28(27)30(32)37-24-20-18-16-14-12-10-8-6-4-2;/h19-25H,3-18H2,1-2H3,(H,33,34,35);/q;+1/p-1/b23-19+,24-20+;. The normalized spacial score (nSPS) is 11.6. The second kappa shape index (κ2) is 23.8. The maximum atomic E-state index is 12.6. The van der Waals surface area contributed by atoms with E-state index in [1.54, 1.807) is 12.2 Å². The Kier molecular flexibility index (Phi) is 23.4. The van der Waals surface area contributed by atoms with E-state index < -0.39 is 27.0 Å². The van der Waals surface area contributed by atoms with Crippen molar-refractivity contribution in [3.05, 3.63) is 54.0 Å². The Hall–Kier alpha value is -0.814. The van der Waals surface area contributed by atoms with Crippen LogP contribution in [0.15, 0.2) is 47.8 Å². The number of hydrogen-bond donors (Lipinski definition) is 0. The Labute approximate surface area is 278 Å². The van der Waals surface area contributed by atoms with Gasteiger partial charge in [0.05, 0.1) is 28.5 Å². The van der Waals surface area contributed by atoms with Crippen LogP contribution in [0.4, 0.5) is 0 Å². The molecule has 7 nitrogen and oxygen atoms in total. The summed E-state index contributed by atoms with van der Waals surface area (Å²) in [5.41, 5.74) is -0.517. The van der Waals surface area contributed by atoms with Crippen molar-refractivity contribution in [2.24, 2.45) is 0 Å². The van der Waals surface area contributed by atoms with Gasteiger partial charge in [0, 0.05) is 0 Å². The monoisotopic (exact) mass is 588 g/mol. The Morgan fingerprint density at radius 3 is 1.54 bits per heavy atom. The van der Waals surface area contributed by atoms with Gasteiger partial charge in [0.15, 0.2) is 0 Å². The number of hydrogen-bond acceptors (Lipinski definition) is 7. The molecule has 0 amide bonds. The molecule has 9 heteroatoms. The average molecular weight is 589 g/mol. The molecule has 0 spiro atoms. The third-order valence-corrected chi connectivity index (χ3v) is 7.04. The first-order valence-corrected chi connectivity index (χ1v) is 15.5. The summed E-state index contributed by atoms with van der Waals surface area (Å²) < 4.78 is 44.6. The van der Waals surface area contributed by atoms with E-state index >= 15 is 0 Å². The third-order valence-electron chi connectivity index (χ3n) is 6.21. The molecule has 0 atom stereocenters. The molecular formula is C30H45KO7S.